The molecule has 0 saturated heterocycles. The van der Waals surface area contributed by atoms with E-state index in [1.165, 1.54) is 18.2 Å². The van der Waals surface area contributed by atoms with Crippen molar-refractivity contribution in [1.29, 1.82) is 5.26 Å². The average molecular weight is 365 g/mol. The maximum Gasteiger partial charge on any atom is 0.416 e. The third-order valence-electron chi connectivity index (χ3n) is 3.43. The highest BCUT2D eigenvalue weighted by Gasteiger charge is 2.29. The van der Waals surface area contributed by atoms with E-state index in [4.69, 9.17) is 16.9 Å². The molecule has 2 rings (SSSR count). The summed E-state index contributed by atoms with van der Waals surface area (Å²) in [7, 11) is 0. The van der Waals surface area contributed by atoms with Crippen molar-refractivity contribution >= 4 is 29.3 Å². The number of nitrogens with one attached hydrogen (secondary N) is 1. The van der Waals surface area contributed by atoms with E-state index < -0.39 is 17.6 Å². The van der Waals surface area contributed by atoms with Gasteiger partial charge in [0.05, 0.1) is 5.56 Å². The second-order valence-electron chi connectivity index (χ2n) is 5.16. The number of anilines is 1. The van der Waals surface area contributed by atoms with Gasteiger partial charge in [-0.1, -0.05) is 29.8 Å². The molecule has 1 amide bonds. The molecule has 0 spiro atoms. The fourth-order valence-corrected chi connectivity index (χ4v) is 2.19. The minimum atomic E-state index is -4.44. The van der Waals surface area contributed by atoms with Crippen LogP contribution in [-0.4, -0.2) is 5.91 Å². The Kier molecular flexibility index (Phi) is 5.50. The van der Waals surface area contributed by atoms with Gasteiger partial charge in [0.1, 0.15) is 11.6 Å². The standard InChI is InChI=1S/C18H12ClF3N2O/c1-11-15(19)3-2-4-16(11)24-17(25)13(10-23)9-12-5-7-14(8-6-12)18(20,21)22/h2-9H,1H3,(H,24,25)/b13-9+. The Balaban J connectivity index is 2.24. The van der Waals surface area contributed by atoms with Crippen LogP contribution in [0.4, 0.5) is 18.9 Å². The van der Waals surface area contributed by atoms with Crippen molar-refractivity contribution < 1.29 is 18.0 Å². The molecule has 2 aromatic carbocycles. The van der Waals surface area contributed by atoms with Crippen molar-refractivity contribution in [2.75, 3.05) is 5.32 Å². The average Bonchev–Trinajstić information content (AvgIpc) is 2.56. The molecule has 0 aliphatic heterocycles. The highest BCUT2D eigenvalue weighted by molar-refractivity contribution is 6.31. The Morgan fingerprint density at radius 2 is 1.84 bits per heavy atom. The number of hydrogen-bond acceptors (Lipinski definition) is 2. The van der Waals surface area contributed by atoms with Gasteiger partial charge in [0, 0.05) is 10.7 Å². The normalized spacial score (nSPS) is 11.8. The number of carbonyl (C=O) groups excluding carboxylic acids is 1. The van der Waals surface area contributed by atoms with Crippen LogP contribution < -0.4 is 5.32 Å². The molecule has 0 fully saturated rings. The van der Waals surface area contributed by atoms with Crippen molar-refractivity contribution in [3.05, 3.63) is 69.8 Å². The number of nitrogens with zero attached hydrogens (tertiary/aromatic N) is 1. The fourth-order valence-electron chi connectivity index (χ4n) is 2.02. The van der Waals surface area contributed by atoms with E-state index >= 15 is 0 Å². The lowest BCUT2D eigenvalue weighted by atomic mass is 10.1. The first-order valence-corrected chi connectivity index (χ1v) is 7.45. The number of nitriles is 1. The zero-order chi connectivity index (χ0) is 18.6. The van der Waals surface area contributed by atoms with Crippen LogP contribution in [0.2, 0.25) is 5.02 Å². The molecule has 0 atom stereocenters. The van der Waals surface area contributed by atoms with Crippen LogP contribution in [-0.2, 0) is 11.0 Å². The van der Waals surface area contributed by atoms with Gasteiger partial charge in [-0.2, -0.15) is 18.4 Å². The smallest absolute Gasteiger partial charge is 0.321 e. The summed E-state index contributed by atoms with van der Waals surface area (Å²) in [5.41, 5.74) is 0.360. The highest BCUT2D eigenvalue weighted by Crippen LogP contribution is 2.29. The van der Waals surface area contributed by atoms with Gasteiger partial charge in [-0.05, 0) is 48.4 Å². The predicted molar refractivity (Wildman–Crippen MR) is 89.9 cm³/mol. The molecule has 1 N–H and O–H groups in total. The van der Waals surface area contributed by atoms with Crippen molar-refractivity contribution in [2.45, 2.75) is 13.1 Å². The molecular formula is C18H12ClF3N2O. The number of halogens is 4. The second kappa shape index (κ2) is 7.41. The van der Waals surface area contributed by atoms with Crippen LogP contribution in [0.15, 0.2) is 48.0 Å². The van der Waals surface area contributed by atoms with E-state index in [0.717, 1.165) is 12.1 Å². The van der Waals surface area contributed by atoms with Crippen LogP contribution in [0.5, 0.6) is 0 Å². The zero-order valence-corrected chi connectivity index (χ0v) is 13.7. The lowest BCUT2D eigenvalue weighted by Crippen LogP contribution is -2.14. The second-order valence-corrected chi connectivity index (χ2v) is 5.56. The number of alkyl halides is 3. The highest BCUT2D eigenvalue weighted by atomic mass is 35.5. The van der Waals surface area contributed by atoms with Gasteiger partial charge in [-0.3, -0.25) is 4.79 Å². The van der Waals surface area contributed by atoms with Gasteiger partial charge in [0.25, 0.3) is 5.91 Å². The summed E-state index contributed by atoms with van der Waals surface area (Å²) in [6.45, 7) is 1.71. The molecule has 0 bridgehead atoms. The van der Waals surface area contributed by atoms with Crippen molar-refractivity contribution in [2.24, 2.45) is 0 Å². The van der Waals surface area contributed by atoms with Crippen LogP contribution in [0, 0.1) is 18.3 Å². The van der Waals surface area contributed by atoms with Crippen LogP contribution in [0.1, 0.15) is 16.7 Å². The molecule has 0 saturated carbocycles. The summed E-state index contributed by atoms with van der Waals surface area (Å²) in [6.07, 6.45) is -3.23. The Bertz CT molecular complexity index is 865. The van der Waals surface area contributed by atoms with E-state index in [-0.39, 0.29) is 5.57 Å². The molecule has 128 valence electrons. The first-order valence-electron chi connectivity index (χ1n) is 7.08. The Labute approximate surface area is 147 Å². The van der Waals surface area contributed by atoms with Gasteiger partial charge in [0.15, 0.2) is 0 Å². The number of rotatable bonds is 3. The molecule has 0 heterocycles. The quantitative estimate of drug-likeness (QED) is 0.600. The first-order chi connectivity index (χ1) is 11.7. The van der Waals surface area contributed by atoms with E-state index in [1.54, 1.807) is 31.2 Å². The van der Waals surface area contributed by atoms with E-state index in [2.05, 4.69) is 5.32 Å². The van der Waals surface area contributed by atoms with Gasteiger partial charge in [-0.15, -0.1) is 0 Å². The van der Waals surface area contributed by atoms with E-state index in [0.29, 0.717) is 21.8 Å². The first kappa shape index (κ1) is 18.6. The predicted octanol–water partition coefficient (Wildman–Crippen LogP) is 5.21. The molecule has 0 aliphatic rings. The fraction of sp³-hybridized carbons (Fsp3) is 0.111. The van der Waals surface area contributed by atoms with Crippen molar-refractivity contribution in [3.63, 3.8) is 0 Å². The molecule has 0 aliphatic carbocycles. The van der Waals surface area contributed by atoms with Gasteiger partial charge < -0.3 is 5.32 Å². The third kappa shape index (κ3) is 4.61. The lowest BCUT2D eigenvalue weighted by molar-refractivity contribution is -0.137. The Hall–Kier alpha value is -2.78. The SMILES string of the molecule is Cc1c(Cl)cccc1NC(=O)/C(C#N)=C/c1ccc(C(F)(F)F)cc1. The molecule has 3 nitrogen and oxygen atoms in total. The number of amides is 1. The van der Waals surface area contributed by atoms with Gasteiger partial charge in [0.2, 0.25) is 0 Å². The van der Waals surface area contributed by atoms with Crippen LogP contribution >= 0.6 is 11.6 Å². The monoisotopic (exact) mass is 364 g/mol. The molecular weight excluding hydrogens is 353 g/mol. The lowest BCUT2D eigenvalue weighted by Gasteiger charge is -2.09. The molecule has 0 radical (unpaired) electrons. The molecule has 0 unspecified atom stereocenters. The maximum absolute atomic E-state index is 12.5. The molecule has 7 heteroatoms. The summed E-state index contributed by atoms with van der Waals surface area (Å²) in [6, 6.07) is 10.8. The molecule has 25 heavy (non-hydrogen) atoms. The summed E-state index contributed by atoms with van der Waals surface area (Å²) >= 11 is 5.97. The van der Waals surface area contributed by atoms with Crippen molar-refractivity contribution in [1.82, 2.24) is 0 Å². The summed E-state index contributed by atoms with van der Waals surface area (Å²) in [5, 5.41) is 12.2. The summed E-state index contributed by atoms with van der Waals surface area (Å²) in [5.74, 6) is -0.673. The minimum Gasteiger partial charge on any atom is -0.321 e. The van der Waals surface area contributed by atoms with Crippen molar-refractivity contribution in [3.8, 4) is 6.07 Å². The topological polar surface area (TPSA) is 52.9 Å². The number of benzene rings is 2. The largest absolute Gasteiger partial charge is 0.416 e. The molecule has 2 aromatic rings. The third-order valence-corrected chi connectivity index (χ3v) is 3.84. The van der Waals surface area contributed by atoms with Crippen LogP contribution in [0.25, 0.3) is 6.08 Å². The van der Waals surface area contributed by atoms with Crippen LogP contribution in [0.3, 0.4) is 0 Å². The Morgan fingerprint density at radius 1 is 1.20 bits per heavy atom. The minimum absolute atomic E-state index is 0.237. The number of hydrogen-bond donors (Lipinski definition) is 1. The van der Waals surface area contributed by atoms with E-state index in [9.17, 15) is 18.0 Å². The molecule has 0 aromatic heterocycles. The zero-order valence-electron chi connectivity index (χ0n) is 13.0. The summed E-state index contributed by atoms with van der Waals surface area (Å²) in [4.78, 5) is 12.2. The summed E-state index contributed by atoms with van der Waals surface area (Å²) < 4.78 is 37.6. The maximum atomic E-state index is 12.5. The van der Waals surface area contributed by atoms with E-state index in [1.807, 2.05) is 0 Å². The Morgan fingerprint density at radius 3 is 2.40 bits per heavy atom. The number of carbonyl (C=O) groups is 1. The van der Waals surface area contributed by atoms with Gasteiger partial charge >= 0.3 is 6.18 Å². The van der Waals surface area contributed by atoms with Gasteiger partial charge in [-0.25, -0.2) is 0 Å².